The van der Waals surface area contributed by atoms with Gasteiger partial charge in [-0.25, -0.2) is 4.98 Å². The summed E-state index contributed by atoms with van der Waals surface area (Å²) in [6, 6.07) is 20.5. The van der Waals surface area contributed by atoms with E-state index in [1.54, 1.807) is 6.07 Å². The van der Waals surface area contributed by atoms with E-state index >= 15 is 0 Å². The van der Waals surface area contributed by atoms with E-state index in [0.717, 1.165) is 29.0 Å². The number of benzene rings is 2. The molecular formula is C24H24N4O2S. The van der Waals surface area contributed by atoms with Gasteiger partial charge in [-0.3, -0.25) is 9.59 Å². The summed E-state index contributed by atoms with van der Waals surface area (Å²) in [7, 11) is 0. The first kappa shape index (κ1) is 20.8. The molecule has 1 atom stereocenters. The van der Waals surface area contributed by atoms with Gasteiger partial charge < -0.3 is 15.2 Å². The van der Waals surface area contributed by atoms with Gasteiger partial charge in [-0.05, 0) is 36.1 Å². The van der Waals surface area contributed by atoms with Gasteiger partial charge in [0.05, 0.1) is 22.5 Å². The zero-order valence-corrected chi connectivity index (χ0v) is 18.1. The second kappa shape index (κ2) is 9.57. The lowest BCUT2D eigenvalue weighted by molar-refractivity contribution is -0.123. The lowest BCUT2D eigenvalue weighted by Crippen LogP contribution is -2.47. The highest BCUT2D eigenvalue weighted by atomic mass is 32.1. The molecule has 0 radical (unpaired) electrons. The van der Waals surface area contributed by atoms with Crippen LogP contribution in [0.25, 0.3) is 11.0 Å². The molecule has 0 bridgehead atoms. The van der Waals surface area contributed by atoms with Gasteiger partial charge in [0.1, 0.15) is 11.9 Å². The summed E-state index contributed by atoms with van der Waals surface area (Å²) in [5.41, 5.74) is 2.93. The summed E-state index contributed by atoms with van der Waals surface area (Å²) >= 11 is 1.35. The van der Waals surface area contributed by atoms with Crippen molar-refractivity contribution in [3.8, 4) is 0 Å². The van der Waals surface area contributed by atoms with Crippen molar-refractivity contribution in [3.63, 3.8) is 0 Å². The molecule has 0 spiro atoms. The molecule has 0 fully saturated rings. The molecule has 0 aliphatic carbocycles. The first-order valence-electron chi connectivity index (χ1n) is 10.3. The molecule has 158 valence electrons. The monoisotopic (exact) mass is 432 g/mol. The largest absolute Gasteiger partial charge is 0.347 e. The third-order valence-corrected chi connectivity index (χ3v) is 5.99. The van der Waals surface area contributed by atoms with Crippen molar-refractivity contribution < 1.29 is 9.59 Å². The van der Waals surface area contributed by atoms with Crippen molar-refractivity contribution in [2.75, 3.05) is 0 Å². The van der Waals surface area contributed by atoms with Gasteiger partial charge in [0.2, 0.25) is 5.91 Å². The summed E-state index contributed by atoms with van der Waals surface area (Å²) in [4.78, 5) is 30.9. The van der Waals surface area contributed by atoms with Gasteiger partial charge in [0.25, 0.3) is 5.91 Å². The average Bonchev–Trinajstić information content (AvgIpc) is 3.45. The van der Waals surface area contributed by atoms with Crippen LogP contribution in [-0.4, -0.2) is 27.4 Å². The van der Waals surface area contributed by atoms with E-state index in [2.05, 4.69) is 27.1 Å². The standard InChI is InChI=1S/C24H24N4O2S/c1-2-28-20-12-7-6-11-18(20)26-22(28)16-25-23(29)19(15-17-9-4-3-5-10-17)27-24(30)21-13-8-14-31-21/h3-14,19H,2,15-16H2,1H3,(H,25,29)(H,27,30)/t19-/m0/s1. The Morgan fingerprint density at radius 2 is 1.81 bits per heavy atom. The number of aryl methyl sites for hydroxylation is 1. The molecule has 2 aromatic carbocycles. The van der Waals surface area contributed by atoms with E-state index in [1.807, 2.05) is 66.0 Å². The second-order valence-electron chi connectivity index (χ2n) is 7.17. The first-order chi connectivity index (χ1) is 15.2. The number of fused-ring (bicyclic) bond motifs is 1. The molecule has 2 N–H and O–H groups in total. The Labute approximate surface area is 184 Å². The zero-order chi connectivity index (χ0) is 21.6. The average molecular weight is 433 g/mol. The lowest BCUT2D eigenvalue weighted by atomic mass is 10.1. The fraction of sp³-hybridized carbons (Fsp3) is 0.208. The van der Waals surface area contributed by atoms with E-state index in [0.29, 0.717) is 17.8 Å². The molecule has 4 aromatic rings. The number of nitrogens with zero attached hydrogens (tertiary/aromatic N) is 2. The molecule has 0 unspecified atom stereocenters. The maximum absolute atomic E-state index is 13.1. The van der Waals surface area contributed by atoms with Crippen LogP contribution in [0.4, 0.5) is 0 Å². The molecule has 2 amide bonds. The highest BCUT2D eigenvalue weighted by molar-refractivity contribution is 7.12. The smallest absolute Gasteiger partial charge is 0.262 e. The van der Waals surface area contributed by atoms with Crippen molar-refractivity contribution in [2.45, 2.75) is 32.5 Å². The Hall–Kier alpha value is -3.45. The number of nitrogens with one attached hydrogen (secondary N) is 2. The highest BCUT2D eigenvalue weighted by Crippen LogP contribution is 2.16. The predicted octanol–water partition coefficient (Wildman–Crippen LogP) is 3.78. The third kappa shape index (κ3) is 4.83. The van der Waals surface area contributed by atoms with Crippen LogP contribution in [0, 0.1) is 0 Å². The molecule has 31 heavy (non-hydrogen) atoms. The minimum atomic E-state index is -0.684. The summed E-state index contributed by atoms with van der Waals surface area (Å²) in [6.45, 7) is 3.11. The number of hydrogen-bond donors (Lipinski definition) is 2. The van der Waals surface area contributed by atoms with Crippen LogP contribution in [0.2, 0.25) is 0 Å². The SMILES string of the molecule is CCn1c(CNC(=O)[C@H](Cc2ccccc2)NC(=O)c2cccs2)nc2ccccc21. The molecule has 6 nitrogen and oxygen atoms in total. The topological polar surface area (TPSA) is 76.0 Å². The maximum Gasteiger partial charge on any atom is 0.262 e. The number of hydrogen-bond acceptors (Lipinski definition) is 4. The fourth-order valence-corrected chi connectivity index (χ4v) is 4.23. The fourth-order valence-electron chi connectivity index (χ4n) is 3.60. The van der Waals surface area contributed by atoms with Gasteiger partial charge in [0.15, 0.2) is 0 Å². The molecule has 0 aliphatic heterocycles. The number of carbonyl (C=O) groups is 2. The Morgan fingerprint density at radius 3 is 2.55 bits per heavy atom. The van der Waals surface area contributed by atoms with E-state index in [1.165, 1.54) is 11.3 Å². The Bertz CT molecular complexity index is 1170. The number of para-hydroxylation sites is 2. The molecule has 0 saturated carbocycles. The molecule has 2 heterocycles. The third-order valence-electron chi connectivity index (χ3n) is 5.12. The Kier molecular flexibility index (Phi) is 6.43. The predicted molar refractivity (Wildman–Crippen MR) is 123 cm³/mol. The lowest BCUT2D eigenvalue weighted by Gasteiger charge is -2.18. The number of aromatic nitrogens is 2. The number of carbonyl (C=O) groups excluding carboxylic acids is 2. The normalized spacial score (nSPS) is 11.9. The number of rotatable bonds is 8. The van der Waals surface area contributed by atoms with Crippen LogP contribution >= 0.6 is 11.3 Å². The van der Waals surface area contributed by atoms with E-state index in [4.69, 9.17) is 0 Å². The quantitative estimate of drug-likeness (QED) is 0.445. The van der Waals surface area contributed by atoms with Crippen LogP contribution in [0.3, 0.4) is 0 Å². The zero-order valence-electron chi connectivity index (χ0n) is 17.2. The Morgan fingerprint density at radius 1 is 1.03 bits per heavy atom. The molecule has 4 rings (SSSR count). The summed E-state index contributed by atoms with van der Waals surface area (Å²) in [6.07, 6.45) is 0.411. The molecule has 7 heteroatoms. The van der Waals surface area contributed by atoms with E-state index < -0.39 is 6.04 Å². The number of imidazole rings is 1. The van der Waals surface area contributed by atoms with Crippen molar-refractivity contribution in [1.29, 1.82) is 0 Å². The summed E-state index contributed by atoms with van der Waals surface area (Å²) < 4.78 is 2.09. The highest BCUT2D eigenvalue weighted by Gasteiger charge is 2.23. The van der Waals surface area contributed by atoms with Crippen LogP contribution < -0.4 is 10.6 Å². The van der Waals surface area contributed by atoms with Crippen LogP contribution in [0.15, 0.2) is 72.1 Å². The first-order valence-corrected chi connectivity index (χ1v) is 11.1. The van der Waals surface area contributed by atoms with Crippen molar-refractivity contribution in [3.05, 3.63) is 88.4 Å². The molecule has 0 saturated heterocycles. The minimum Gasteiger partial charge on any atom is -0.347 e. The maximum atomic E-state index is 13.1. The van der Waals surface area contributed by atoms with Crippen molar-refractivity contribution >= 4 is 34.2 Å². The number of thiophene rings is 1. The number of amides is 2. The van der Waals surface area contributed by atoms with Gasteiger partial charge in [-0.2, -0.15) is 0 Å². The summed E-state index contributed by atoms with van der Waals surface area (Å²) in [5.74, 6) is 0.315. The van der Waals surface area contributed by atoms with Crippen molar-refractivity contribution in [1.82, 2.24) is 20.2 Å². The minimum absolute atomic E-state index is 0.233. The van der Waals surface area contributed by atoms with E-state index in [9.17, 15) is 9.59 Å². The van der Waals surface area contributed by atoms with E-state index in [-0.39, 0.29) is 11.8 Å². The van der Waals surface area contributed by atoms with Crippen LogP contribution in [0.1, 0.15) is 28.0 Å². The molecule has 0 aliphatic rings. The van der Waals surface area contributed by atoms with Crippen LogP contribution in [-0.2, 0) is 24.3 Å². The Balaban J connectivity index is 1.50. The summed E-state index contributed by atoms with van der Waals surface area (Å²) in [5, 5.41) is 7.71. The van der Waals surface area contributed by atoms with Gasteiger partial charge in [-0.1, -0.05) is 48.5 Å². The van der Waals surface area contributed by atoms with Crippen molar-refractivity contribution in [2.24, 2.45) is 0 Å². The molecule has 2 aromatic heterocycles. The second-order valence-corrected chi connectivity index (χ2v) is 8.12. The van der Waals surface area contributed by atoms with Crippen LogP contribution in [0.5, 0.6) is 0 Å². The van der Waals surface area contributed by atoms with Gasteiger partial charge >= 0.3 is 0 Å². The molecular weight excluding hydrogens is 408 g/mol. The van der Waals surface area contributed by atoms with Gasteiger partial charge in [0, 0.05) is 13.0 Å². The van der Waals surface area contributed by atoms with Gasteiger partial charge in [-0.15, -0.1) is 11.3 Å².